The number of hydrogen-bond donors (Lipinski definition) is 1. The first-order chi connectivity index (χ1) is 11.7. The van der Waals surface area contributed by atoms with E-state index in [0.29, 0.717) is 18.3 Å². The van der Waals surface area contributed by atoms with E-state index in [4.69, 9.17) is 0 Å². The Labute approximate surface area is 154 Å². The van der Waals surface area contributed by atoms with Gasteiger partial charge in [-0.3, -0.25) is 4.79 Å². The second-order valence-corrected chi connectivity index (χ2v) is 9.00. The quantitative estimate of drug-likeness (QED) is 0.731. The van der Waals surface area contributed by atoms with Crippen molar-refractivity contribution in [3.63, 3.8) is 0 Å². The minimum Gasteiger partial charge on any atom is -0.357 e. The number of carbonyl (C=O) groups excluding carboxylic acids is 1. The molecule has 1 aliphatic carbocycles. The lowest BCUT2D eigenvalue weighted by Gasteiger charge is -2.21. The number of hydrogen-bond acceptors (Lipinski definition) is 7. The largest absolute Gasteiger partial charge is 0.357 e. The highest BCUT2D eigenvalue weighted by atomic mass is 32.2. The van der Waals surface area contributed by atoms with Crippen molar-refractivity contribution in [2.24, 2.45) is 0 Å². The van der Waals surface area contributed by atoms with E-state index in [2.05, 4.69) is 27.0 Å². The van der Waals surface area contributed by atoms with Gasteiger partial charge in [0, 0.05) is 19.6 Å². The predicted molar refractivity (Wildman–Crippen MR) is 102 cm³/mol. The third kappa shape index (κ3) is 5.19. The minimum absolute atomic E-state index is 0.114. The van der Waals surface area contributed by atoms with Crippen LogP contribution in [0.4, 0.5) is 5.13 Å². The zero-order valence-electron chi connectivity index (χ0n) is 13.7. The van der Waals surface area contributed by atoms with Crippen molar-refractivity contribution in [2.45, 2.75) is 49.0 Å². The van der Waals surface area contributed by atoms with Crippen LogP contribution in [-0.2, 0) is 11.3 Å². The molecular formula is C16H22N4OS3. The molecule has 1 amide bonds. The topological polar surface area (TPSA) is 58.1 Å². The van der Waals surface area contributed by atoms with Crippen LogP contribution in [0.1, 0.15) is 37.7 Å². The molecule has 24 heavy (non-hydrogen) atoms. The smallest absolute Gasteiger partial charge is 0.233 e. The lowest BCUT2D eigenvalue weighted by Crippen LogP contribution is -2.27. The molecule has 0 radical (unpaired) electrons. The molecule has 0 aliphatic heterocycles. The van der Waals surface area contributed by atoms with Gasteiger partial charge >= 0.3 is 0 Å². The number of thiophene rings is 1. The van der Waals surface area contributed by atoms with Gasteiger partial charge in [0.15, 0.2) is 4.34 Å². The average Bonchev–Trinajstić information content (AvgIpc) is 3.25. The third-order valence-electron chi connectivity index (χ3n) is 4.08. The summed E-state index contributed by atoms with van der Waals surface area (Å²) in [7, 11) is 1.84. The fourth-order valence-electron chi connectivity index (χ4n) is 2.73. The lowest BCUT2D eigenvalue weighted by molar-refractivity contribution is -0.127. The van der Waals surface area contributed by atoms with Crippen LogP contribution in [-0.4, -0.2) is 39.8 Å². The summed E-state index contributed by atoms with van der Waals surface area (Å²) < 4.78 is 0.852. The first kappa shape index (κ1) is 17.7. The number of nitrogens with zero attached hydrogens (tertiary/aromatic N) is 3. The highest BCUT2D eigenvalue weighted by molar-refractivity contribution is 8.01. The Balaban J connectivity index is 1.43. The molecule has 0 spiro atoms. The summed E-state index contributed by atoms with van der Waals surface area (Å²) in [4.78, 5) is 14.0. The standard InChI is InChI=1S/C16H22N4OS3/c1-20(9-12-7-8-22-10-12)14(21)11-23-16-19-18-15(24-16)17-13-5-3-2-4-6-13/h7-8,10,13H,2-6,9,11H2,1H3,(H,17,18). The highest BCUT2D eigenvalue weighted by Gasteiger charge is 2.16. The Morgan fingerprint density at radius 2 is 2.21 bits per heavy atom. The van der Waals surface area contributed by atoms with Gasteiger partial charge in [0.2, 0.25) is 11.0 Å². The number of aromatic nitrogens is 2. The maximum absolute atomic E-state index is 12.2. The summed E-state index contributed by atoms with van der Waals surface area (Å²) in [6.07, 6.45) is 6.37. The van der Waals surface area contributed by atoms with E-state index >= 15 is 0 Å². The van der Waals surface area contributed by atoms with E-state index < -0.39 is 0 Å². The normalized spacial score (nSPS) is 15.4. The van der Waals surface area contributed by atoms with Crippen LogP contribution < -0.4 is 5.32 Å². The zero-order chi connectivity index (χ0) is 16.8. The van der Waals surface area contributed by atoms with Crippen molar-refractivity contribution < 1.29 is 4.79 Å². The van der Waals surface area contributed by atoms with Crippen LogP contribution in [0.3, 0.4) is 0 Å². The third-order valence-corrected chi connectivity index (χ3v) is 6.79. The van der Waals surface area contributed by atoms with Gasteiger partial charge in [-0.2, -0.15) is 11.3 Å². The second kappa shape index (κ2) is 8.82. The highest BCUT2D eigenvalue weighted by Crippen LogP contribution is 2.28. The van der Waals surface area contributed by atoms with E-state index in [1.165, 1.54) is 49.4 Å². The fraction of sp³-hybridized carbons (Fsp3) is 0.562. The van der Waals surface area contributed by atoms with Gasteiger partial charge in [0.1, 0.15) is 0 Å². The van der Waals surface area contributed by atoms with Crippen molar-refractivity contribution >= 4 is 45.5 Å². The van der Waals surface area contributed by atoms with Crippen molar-refractivity contribution in [1.82, 2.24) is 15.1 Å². The van der Waals surface area contributed by atoms with Crippen LogP contribution in [0.5, 0.6) is 0 Å². The van der Waals surface area contributed by atoms with Crippen LogP contribution in [0.2, 0.25) is 0 Å². The molecule has 8 heteroatoms. The number of nitrogens with one attached hydrogen (secondary N) is 1. The van der Waals surface area contributed by atoms with E-state index in [-0.39, 0.29) is 5.91 Å². The zero-order valence-corrected chi connectivity index (χ0v) is 16.2. The number of anilines is 1. The summed E-state index contributed by atoms with van der Waals surface area (Å²) in [5.74, 6) is 0.516. The monoisotopic (exact) mass is 382 g/mol. The van der Waals surface area contributed by atoms with Gasteiger partial charge in [-0.05, 0) is 35.2 Å². The molecule has 2 heterocycles. The average molecular weight is 383 g/mol. The maximum Gasteiger partial charge on any atom is 0.233 e. The Bertz CT molecular complexity index is 638. The molecule has 0 atom stereocenters. The first-order valence-electron chi connectivity index (χ1n) is 8.18. The van der Waals surface area contributed by atoms with Gasteiger partial charge < -0.3 is 10.2 Å². The molecule has 0 saturated heterocycles. The van der Waals surface area contributed by atoms with Gasteiger partial charge in [0.05, 0.1) is 5.75 Å². The molecule has 130 valence electrons. The molecule has 0 unspecified atom stereocenters. The predicted octanol–water partition coefficient (Wildman–Crippen LogP) is 4.09. The van der Waals surface area contributed by atoms with Gasteiger partial charge in [-0.1, -0.05) is 42.4 Å². The second-order valence-electron chi connectivity index (χ2n) is 6.02. The summed E-state index contributed by atoms with van der Waals surface area (Å²) in [6, 6.07) is 2.58. The summed E-state index contributed by atoms with van der Waals surface area (Å²) in [5, 5.41) is 16.9. The lowest BCUT2D eigenvalue weighted by atomic mass is 9.96. The van der Waals surface area contributed by atoms with E-state index in [1.807, 2.05) is 12.4 Å². The van der Waals surface area contributed by atoms with Crippen molar-refractivity contribution in [2.75, 3.05) is 18.1 Å². The number of rotatable bonds is 7. The molecule has 1 fully saturated rings. The SMILES string of the molecule is CN(Cc1ccsc1)C(=O)CSc1nnc(NC2CCCCC2)s1. The van der Waals surface area contributed by atoms with Gasteiger partial charge in [0.25, 0.3) is 0 Å². The van der Waals surface area contributed by atoms with Gasteiger partial charge in [-0.25, -0.2) is 0 Å². The Morgan fingerprint density at radius 3 is 2.96 bits per heavy atom. The van der Waals surface area contributed by atoms with Crippen LogP contribution in [0.15, 0.2) is 21.2 Å². The Kier molecular flexibility index (Phi) is 6.51. The minimum atomic E-state index is 0.114. The molecule has 1 saturated carbocycles. The van der Waals surface area contributed by atoms with Crippen molar-refractivity contribution in [3.05, 3.63) is 22.4 Å². The van der Waals surface area contributed by atoms with Crippen LogP contribution >= 0.6 is 34.4 Å². The molecule has 1 N–H and O–H groups in total. The molecular weight excluding hydrogens is 360 g/mol. The molecule has 2 aromatic heterocycles. The Hall–Kier alpha value is -1.12. The molecule has 0 bridgehead atoms. The van der Waals surface area contributed by atoms with Gasteiger partial charge in [-0.15, -0.1) is 10.2 Å². The summed E-state index contributed by atoms with van der Waals surface area (Å²) in [6.45, 7) is 0.660. The molecule has 1 aliphatic rings. The van der Waals surface area contributed by atoms with Crippen molar-refractivity contribution in [3.8, 4) is 0 Å². The Morgan fingerprint density at radius 1 is 1.38 bits per heavy atom. The molecule has 3 rings (SSSR count). The van der Waals surface area contributed by atoms with Crippen molar-refractivity contribution in [1.29, 1.82) is 0 Å². The number of carbonyl (C=O) groups is 1. The molecule has 5 nitrogen and oxygen atoms in total. The number of thioether (sulfide) groups is 1. The molecule has 2 aromatic rings. The van der Waals surface area contributed by atoms with E-state index in [9.17, 15) is 4.79 Å². The summed E-state index contributed by atoms with van der Waals surface area (Å²) >= 11 is 4.67. The number of amides is 1. The summed E-state index contributed by atoms with van der Waals surface area (Å²) in [5.41, 5.74) is 1.18. The van der Waals surface area contributed by atoms with E-state index in [0.717, 1.165) is 9.47 Å². The fourth-order valence-corrected chi connectivity index (χ4v) is 5.16. The maximum atomic E-state index is 12.2. The van der Waals surface area contributed by atoms with Crippen LogP contribution in [0, 0.1) is 0 Å². The van der Waals surface area contributed by atoms with E-state index in [1.54, 1.807) is 27.6 Å². The first-order valence-corrected chi connectivity index (χ1v) is 10.9. The van der Waals surface area contributed by atoms with Crippen LogP contribution in [0.25, 0.3) is 0 Å². The molecule has 0 aromatic carbocycles.